The van der Waals surface area contributed by atoms with Gasteiger partial charge in [-0.1, -0.05) is 13.8 Å². The SMILES string of the molecule is CCCNC(=O)C1COC2(CCC(C)CC2)N1C(=O)C1CC1. The van der Waals surface area contributed by atoms with Crippen LogP contribution in [0.15, 0.2) is 0 Å². The fourth-order valence-corrected chi connectivity index (χ4v) is 3.70. The molecule has 0 radical (unpaired) electrons. The lowest BCUT2D eigenvalue weighted by Crippen LogP contribution is -2.57. The Morgan fingerprint density at radius 1 is 1.23 bits per heavy atom. The van der Waals surface area contributed by atoms with Gasteiger partial charge in [0.15, 0.2) is 0 Å². The van der Waals surface area contributed by atoms with Crippen molar-refractivity contribution in [3.8, 4) is 0 Å². The monoisotopic (exact) mass is 308 g/mol. The normalized spacial score (nSPS) is 34.9. The number of carbonyl (C=O) groups excluding carboxylic acids is 2. The third-order valence-corrected chi connectivity index (χ3v) is 5.33. The van der Waals surface area contributed by atoms with Crippen molar-refractivity contribution in [1.82, 2.24) is 10.2 Å². The van der Waals surface area contributed by atoms with E-state index < -0.39 is 11.8 Å². The molecule has 1 spiro atoms. The van der Waals surface area contributed by atoms with Crippen molar-refractivity contribution in [3.05, 3.63) is 0 Å². The number of carbonyl (C=O) groups is 2. The van der Waals surface area contributed by atoms with E-state index in [1.165, 1.54) is 0 Å². The predicted molar refractivity (Wildman–Crippen MR) is 83.0 cm³/mol. The van der Waals surface area contributed by atoms with Crippen LogP contribution in [-0.2, 0) is 14.3 Å². The van der Waals surface area contributed by atoms with Gasteiger partial charge >= 0.3 is 0 Å². The molecule has 0 bridgehead atoms. The van der Waals surface area contributed by atoms with Crippen LogP contribution in [0, 0.1) is 11.8 Å². The highest BCUT2D eigenvalue weighted by Gasteiger charge is 2.55. The van der Waals surface area contributed by atoms with E-state index in [4.69, 9.17) is 4.74 Å². The average molecular weight is 308 g/mol. The molecule has 1 saturated heterocycles. The number of nitrogens with zero attached hydrogens (tertiary/aromatic N) is 1. The molecular weight excluding hydrogens is 280 g/mol. The van der Waals surface area contributed by atoms with Crippen LogP contribution in [0.2, 0.25) is 0 Å². The van der Waals surface area contributed by atoms with E-state index >= 15 is 0 Å². The molecule has 1 N–H and O–H groups in total. The van der Waals surface area contributed by atoms with Crippen LogP contribution < -0.4 is 5.32 Å². The minimum atomic E-state index is -0.513. The molecule has 124 valence electrons. The Bertz CT molecular complexity index is 439. The summed E-state index contributed by atoms with van der Waals surface area (Å²) in [7, 11) is 0. The number of hydrogen-bond acceptors (Lipinski definition) is 3. The summed E-state index contributed by atoms with van der Waals surface area (Å²) in [4.78, 5) is 27.1. The fraction of sp³-hybridized carbons (Fsp3) is 0.882. The van der Waals surface area contributed by atoms with Crippen molar-refractivity contribution in [3.63, 3.8) is 0 Å². The Morgan fingerprint density at radius 3 is 2.50 bits per heavy atom. The van der Waals surface area contributed by atoms with Gasteiger partial charge in [0, 0.05) is 12.5 Å². The van der Waals surface area contributed by atoms with Crippen molar-refractivity contribution >= 4 is 11.8 Å². The van der Waals surface area contributed by atoms with Gasteiger partial charge in [-0.2, -0.15) is 0 Å². The lowest BCUT2D eigenvalue weighted by molar-refractivity contribution is -0.162. The predicted octanol–water partition coefficient (Wildman–Crippen LogP) is 2.06. The van der Waals surface area contributed by atoms with Crippen LogP contribution >= 0.6 is 0 Å². The summed E-state index contributed by atoms with van der Waals surface area (Å²) in [6.07, 6.45) is 6.69. The zero-order chi connectivity index (χ0) is 15.7. The van der Waals surface area contributed by atoms with Gasteiger partial charge in [0.05, 0.1) is 6.61 Å². The minimum Gasteiger partial charge on any atom is -0.354 e. The van der Waals surface area contributed by atoms with Crippen LogP contribution in [-0.4, -0.2) is 41.6 Å². The summed E-state index contributed by atoms with van der Waals surface area (Å²) in [6, 6.07) is -0.437. The Morgan fingerprint density at radius 2 is 1.91 bits per heavy atom. The number of nitrogens with one attached hydrogen (secondary N) is 1. The number of rotatable bonds is 4. The number of amides is 2. The van der Waals surface area contributed by atoms with Gasteiger partial charge < -0.3 is 10.1 Å². The summed E-state index contributed by atoms with van der Waals surface area (Å²) < 4.78 is 6.10. The summed E-state index contributed by atoms with van der Waals surface area (Å²) >= 11 is 0. The van der Waals surface area contributed by atoms with E-state index in [0.29, 0.717) is 19.1 Å². The highest BCUT2D eigenvalue weighted by molar-refractivity contribution is 5.90. The molecule has 3 fully saturated rings. The number of hydrogen-bond donors (Lipinski definition) is 1. The Balaban J connectivity index is 1.79. The minimum absolute atomic E-state index is 0.0497. The molecule has 0 aromatic rings. The topological polar surface area (TPSA) is 58.6 Å². The van der Waals surface area contributed by atoms with Crippen LogP contribution in [0.4, 0.5) is 0 Å². The number of ether oxygens (including phenoxy) is 1. The van der Waals surface area contributed by atoms with E-state index in [-0.39, 0.29) is 17.7 Å². The van der Waals surface area contributed by atoms with Gasteiger partial charge in [-0.15, -0.1) is 0 Å². The van der Waals surface area contributed by atoms with E-state index in [2.05, 4.69) is 12.2 Å². The maximum Gasteiger partial charge on any atom is 0.245 e. The first-order valence-corrected chi connectivity index (χ1v) is 8.82. The summed E-state index contributed by atoms with van der Waals surface area (Å²) in [5.41, 5.74) is -0.513. The van der Waals surface area contributed by atoms with Crippen LogP contribution in [0.5, 0.6) is 0 Å². The van der Waals surface area contributed by atoms with Gasteiger partial charge in [0.1, 0.15) is 11.8 Å². The smallest absolute Gasteiger partial charge is 0.245 e. The Kier molecular flexibility index (Phi) is 4.44. The lowest BCUT2D eigenvalue weighted by atomic mass is 9.83. The van der Waals surface area contributed by atoms with Gasteiger partial charge in [-0.25, -0.2) is 0 Å². The summed E-state index contributed by atoms with van der Waals surface area (Å²) in [6.45, 7) is 5.29. The fourth-order valence-electron chi connectivity index (χ4n) is 3.70. The molecule has 2 aliphatic carbocycles. The second-order valence-electron chi connectivity index (χ2n) is 7.23. The molecule has 0 aromatic carbocycles. The maximum absolute atomic E-state index is 12.8. The van der Waals surface area contributed by atoms with E-state index in [9.17, 15) is 9.59 Å². The second kappa shape index (κ2) is 6.19. The zero-order valence-electron chi connectivity index (χ0n) is 13.8. The van der Waals surface area contributed by atoms with Crippen molar-refractivity contribution in [2.45, 2.75) is 70.6 Å². The van der Waals surface area contributed by atoms with Crippen LogP contribution in [0.1, 0.15) is 58.8 Å². The first kappa shape index (κ1) is 15.8. The van der Waals surface area contributed by atoms with Gasteiger partial charge in [0.25, 0.3) is 0 Å². The molecule has 5 heteroatoms. The summed E-state index contributed by atoms with van der Waals surface area (Å²) in [5.74, 6) is 0.898. The first-order valence-electron chi connectivity index (χ1n) is 8.82. The molecule has 2 saturated carbocycles. The molecule has 1 unspecified atom stereocenters. The first-order chi connectivity index (χ1) is 10.6. The van der Waals surface area contributed by atoms with E-state index in [0.717, 1.165) is 44.9 Å². The lowest BCUT2D eigenvalue weighted by Gasteiger charge is -2.43. The Hall–Kier alpha value is -1.10. The molecule has 2 amide bonds. The maximum atomic E-state index is 12.8. The molecule has 22 heavy (non-hydrogen) atoms. The molecule has 3 rings (SSSR count). The summed E-state index contributed by atoms with van der Waals surface area (Å²) in [5, 5.41) is 2.94. The van der Waals surface area contributed by atoms with Crippen LogP contribution in [0.25, 0.3) is 0 Å². The van der Waals surface area contributed by atoms with Crippen molar-refractivity contribution < 1.29 is 14.3 Å². The largest absolute Gasteiger partial charge is 0.354 e. The zero-order valence-corrected chi connectivity index (χ0v) is 13.8. The highest BCUT2D eigenvalue weighted by atomic mass is 16.5. The average Bonchev–Trinajstić information content (AvgIpc) is 3.30. The van der Waals surface area contributed by atoms with Crippen molar-refractivity contribution in [1.29, 1.82) is 0 Å². The van der Waals surface area contributed by atoms with Gasteiger partial charge in [-0.3, -0.25) is 14.5 Å². The van der Waals surface area contributed by atoms with Gasteiger partial charge in [0.2, 0.25) is 11.8 Å². The van der Waals surface area contributed by atoms with E-state index in [1.807, 2.05) is 11.8 Å². The molecule has 1 atom stereocenters. The van der Waals surface area contributed by atoms with Gasteiger partial charge in [-0.05, 0) is 50.9 Å². The Labute approximate surface area is 132 Å². The van der Waals surface area contributed by atoms with Crippen molar-refractivity contribution in [2.24, 2.45) is 11.8 Å². The standard InChI is InChI=1S/C17H28N2O3/c1-3-10-18-15(20)14-11-22-17(8-6-12(2)7-9-17)19(14)16(21)13-4-5-13/h12-14H,3-11H2,1-2H3,(H,18,20). The van der Waals surface area contributed by atoms with Crippen molar-refractivity contribution in [2.75, 3.05) is 13.2 Å². The quantitative estimate of drug-likeness (QED) is 0.865. The molecular formula is C17H28N2O3. The highest BCUT2D eigenvalue weighted by Crippen LogP contribution is 2.45. The van der Waals surface area contributed by atoms with Crippen LogP contribution in [0.3, 0.4) is 0 Å². The third-order valence-electron chi connectivity index (χ3n) is 5.33. The molecule has 5 nitrogen and oxygen atoms in total. The molecule has 3 aliphatic rings. The molecule has 1 aliphatic heterocycles. The molecule has 0 aromatic heterocycles. The second-order valence-corrected chi connectivity index (χ2v) is 7.23. The van der Waals surface area contributed by atoms with E-state index in [1.54, 1.807) is 0 Å². The molecule has 1 heterocycles. The third kappa shape index (κ3) is 2.87.